The van der Waals surface area contributed by atoms with Crippen LogP contribution in [0.5, 0.6) is 5.75 Å². The summed E-state index contributed by atoms with van der Waals surface area (Å²) >= 11 is 0. The van der Waals surface area contributed by atoms with Crippen LogP contribution in [0.1, 0.15) is 24.2 Å². The molecule has 0 aliphatic heterocycles. The van der Waals surface area contributed by atoms with Gasteiger partial charge in [0.1, 0.15) is 19.0 Å². The van der Waals surface area contributed by atoms with Crippen molar-refractivity contribution in [3.05, 3.63) is 29.3 Å². The number of alkyl halides is 1. The minimum atomic E-state index is -0.593. The Labute approximate surface area is 83.3 Å². The van der Waals surface area contributed by atoms with Crippen molar-refractivity contribution in [2.75, 3.05) is 13.3 Å². The summed E-state index contributed by atoms with van der Waals surface area (Å²) < 4.78 is 17.1. The van der Waals surface area contributed by atoms with Crippen LogP contribution in [0.3, 0.4) is 0 Å². The van der Waals surface area contributed by atoms with Gasteiger partial charge in [-0.05, 0) is 26.0 Å². The van der Waals surface area contributed by atoms with Crippen molar-refractivity contribution in [2.45, 2.75) is 20.0 Å². The van der Waals surface area contributed by atoms with E-state index in [1.54, 1.807) is 13.0 Å². The third kappa shape index (κ3) is 2.70. The Morgan fingerprint density at radius 2 is 2.21 bits per heavy atom. The Balaban J connectivity index is 2.90. The smallest absolute Gasteiger partial charge is 0.125 e. The minimum Gasteiger partial charge on any atom is -0.490 e. The summed E-state index contributed by atoms with van der Waals surface area (Å²) in [6.45, 7) is 3.11. The van der Waals surface area contributed by atoms with Crippen molar-refractivity contribution in [2.24, 2.45) is 0 Å². The number of aryl methyl sites for hydroxylation is 1. The molecule has 0 radical (unpaired) electrons. The van der Waals surface area contributed by atoms with Crippen LogP contribution in [-0.2, 0) is 0 Å². The topological polar surface area (TPSA) is 29.5 Å². The fraction of sp³-hybridized carbons (Fsp3) is 0.455. The largest absolute Gasteiger partial charge is 0.490 e. The van der Waals surface area contributed by atoms with Crippen LogP contribution >= 0.6 is 0 Å². The van der Waals surface area contributed by atoms with Gasteiger partial charge in [0.2, 0.25) is 0 Å². The SMILES string of the molecule is Cc1ccc(OCCF)c([C@H](C)O)c1. The van der Waals surface area contributed by atoms with Gasteiger partial charge in [0.05, 0.1) is 6.10 Å². The first kappa shape index (κ1) is 11.0. The van der Waals surface area contributed by atoms with Crippen LogP contribution in [-0.4, -0.2) is 18.4 Å². The maximum Gasteiger partial charge on any atom is 0.125 e. The van der Waals surface area contributed by atoms with E-state index in [4.69, 9.17) is 4.74 Å². The van der Waals surface area contributed by atoms with Crippen LogP contribution in [0.4, 0.5) is 4.39 Å². The van der Waals surface area contributed by atoms with Crippen molar-refractivity contribution in [1.82, 2.24) is 0 Å². The molecule has 0 saturated carbocycles. The van der Waals surface area contributed by atoms with Gasteiger partial charge in [-0.2, -0.15) is 0 Å². The molecule has 1 aromatic carbocycles. The summed E-state index contributed by atoms with van der Waals surface area (Å²) in [6.07, 6.45) is -0.593. The molecule has 0 heterocycles. The van der Waals surface area contributed by atoms with Crippen molar-refractivity contribution in [1.29, 1.82) is 0 Å². The van der Waals surface area contributed by atoms with Gasteiger partial charge in [-0.3, -0.25) is 0 Å². The molecule has 0 aliphatic rings. The molecular formula is C11H15FO2. The Morgan fingerprint density at radius 1 is 1.50 bits per heavy atom. The van der Waals surface area contributed by atoms with Gasteiger partial charge in [-0.15, -0.1) is 0 Å². The van der Waals surface area contributed by atoms with Gasteiger partial charge < -0.3 is 9.84 Å². The number of hydrogen-bond donors (Lipinski definition) is 1. The second kappa shape index (κ2) is 4.96. The fourth-order valence-electron chi connectivity index (χ4n) is 1.27. The molecule has 1 rings (SSSR count). The van der Waals surface area contributed by atoms with E-state index in [0.717, 1.165) is 5.56 Å². The number of ether oxygens (including phenoxy) is 1. The monoisotopic (exact) mass is 198 g/mol. The van der Waals surface area contributed by atoms with E-state index >= 15 is 0 Å². The van der Waals surface area contributed by atoms with E-state index in [1.807, 2.05) is 19.1 Å². The molecule has 14 heavy (non-hydrogen) atoms. The van der Waals surface area contributed by atoms with Gasteiger partial charge in [0, 0.05) is 5.56 Å². The van der Waals surface area contributed by atoms with Crippen LogP contribution in [0.2, 0.25) is 0 Å². The average Bonchev–Trinajstić information content (AvgIpc) is 2.15. The molecule has 0 spiro atoms. The second-order valence-corrected chi connectivity index (χ2v) is 3.25. The summed E-state index contributed by atoms with van der Waals surface area (Å²) in [5.41, 5.74) is 1.76. The lowest BCUT2D eigenvalue weighted by Crippen LogP contribution is -2.03. The van der Waals surface area contributed by atoms with Crippen LogP contribution in [0.25, 0.3) is 0 Å². The molecule has 0 unspecified atom stereocenters. The first-order chi connectivity index (χ1) is 6.65. The summed E-state index contributed by atoms with van der Waals surface area (Å²) in [7, 11) is 0. The molecule has 0 aromatic heterocycles. The van der Waals surface area contributed by atoms with Gasteiger partial charge in [0.15, 0.2) is 0 Å². The average molecular weight is 198 g/mol. The lowest BCUT2D eigenvalue weighted by molar-refractivity contribution is 0.189. The zero-order valence-electron chi connectivity index (χ0n) is 8.46. The lowest BCUT2D eigenvalue weighted by Gasteiger charge is -2.13. The summed E-state index contributed by atoms with van der Waals surface area (Å²) in [6, 6.07) is 5.48. The quantitative estimate of drug-likeness (QED) is 0.805. The van der Waals surface area contributed by atoms with Crippen molar-refractivity contribution in [3.8, 4) is 5.75 Å². The molecule has 0 bridgehead atoms. The second-order valence-electron chi connectivity index (χ2n) is 3.25. The highest BCUT2D eigenvalue weighted by atomic mass is 19.1. The highest BCUT2D eigenvalue weighted by Crippen LogP contribution is 2.26. The third-order valence-corrected chi connectivity index (χ3v) is 1.95. The van der Waals surface area contributed by atoms with Gasteiger partial charge in [-0.1, -0.05) is 11.6 Å². The number of halogens is 1. The highest BCUT2D eigenvalue weighted by Gasteiger charge is 2.08. The highest BCUT2D eigenvalue weighted by molar-refractivity contribution is 5.38. The number of benzene rings is 1. The normalized spacial score (nSPS) is 12.6. The molecular weight excluding hydrogens is 183 g/mol. The molecule has 1 aromatic rings. The number of rotatable bonds is 4. The zero-order valence-corrected chi connectivity index (χ0v) is 8.46. The number of aliphatic hydroxyl groups excluding tert-OH is 1. The van der Waals surface area contributed by atoms with Crippen molar-refractivity contribution >= 4 is 0 Å². The van der Waals surface area contributed by atoms with E-state index in [9.17, 15) is 9.50 Å². The number of aliphatic hydroxyl groups is 1. The summed E-state index contributed by atoms with van der Waals surface area (Å²) in [5.74, 6) is 0.559. The third-order valence-electron chi connectivity index (χ3n) is 1.95. The summed E-state index contributed by atoms with van der Waals surface area (Å²) in [5, 5.41) is 9.45. The molecule has 0 saturated heterocycles. The zero-order chi connectivity index (χ0) is 10.6. The molecule has 0 fully saturated rings. The Morgan fingerprint density at radius 3 is 2.79 bits per heavy atom. The molecule has 78 valence electrons. The number of hydrogen-bond acceptors (Lipinski definition) is 2. The minimum absolute atomic E-state index is 0.0305. The molecule has 3 heteroatoms. The Hall–Kier alpha value is -1.09. The van der Waals surface area contributed by atoms with Crippen molar-refractivity contribution in [3.63, 3.8) is 0 Å². The molecule has 0 aliphatic carbocycles. The Kier molecular flexibility index (Phi) is 3.89. The van der Waals surface area contributed by atoms with E-state index in [0.29, 0.717) is 11.3 Å². The predicted octanol–water partition coefficient (Wildman–Crippen LogP) is 2.40. The lowest BCUT2D eigenvalue weighted by atomic mass is 10.1. The van der Waals surface area contributed by atoms with Crippen molar-refractivity contribution < 1.29 is 14.2 Å². The van der Waals surface area contributed by atoms with Crippen LogP contribution in [0, 0.1) is 6.92 Å². The molecule has 1 N–H and O–H groups in total. The predicted molar refractivity (Wildman–Crippen MR) is 53.3 cm³/mol. The van der Waals surface area contributed by atoms with Gasteiger partial charge in [-0.25, -0.2) is 4.39 Å². The standard InChI is InChI=1S/C11H15FO2/c1-8-3-4-11(14-6-5-12)10(7-8)9(2)13/h3-4,7,9,13H,5-6H2,1-2H3/t9-/m0/s1. The van der Waals surface area contributed by atoms with E-state index in [-0.39, 0.29) is 6.61 Å². The van der Waals surface area contributed by atoms with Gasteiger partial charge >= 0.3 is 0 Å². The molecule has 0 amide bonds. The van der Waals surface area contributed by atoms with E-state index < -0.39 is 12.8 Å². The maximum atomic E-state index is 11.9. The van der Waals surface area contributed by atoms with Gasteiger partial charge in [0.25, 0.3) is 0 Å². The summed E-state index contributed by atoms with van der Waals surface area (Å²) in [4.78, 5) is 0. The van der Waals surface area contributed by atoms with Crippen LogP contribution in [0.15, 0.2) is 18.2 Å². The first-order valence-corrected chi connectivity index (χ1v) is 4.62. The molecule has 2 nitrogen and oxygen atoms in total. The van der Waals surface area contributed by atoms with E-state index in [2.05, 4.69) is 0 Å². The van der Waals surface area contributed by atoms with E-state index in [1.165, 1.54) is 0 Å². The maximum absolute atomic E-state index is 11.9. The fourth-order valence-corrected chi connectivity index (χ4v) is 1.27. The van der Waals surface area contributed by atoms with Crippen LogP contribution < -0.4 is 4.74 Å². The first-order valence-electron chi connectivity index (χ1n) is 4.62. The molecule has 1 atom stereocenters. The Bertz CT molecular complexity index is 297.